The monoisotopic (exact) mass is 702 g/mol. The van der Waals surface area contributed by atoms with Crippen LogP contribution >= 0.6 is 0 Å². The van der Waals surface area contributed by atoms with E-state index in [0.717, 1.165) is 50.1 Å². The predicted molar refractivity (Wildman–Crippen MR) is 227 cm³/mol. The number of hydrogen-bond acceptors (Lipinski definition) is 3. The van der Waals surface area contributed by atoms with Gasteiger partial charge in [0.05, 0.1) is 16.7 Å². The molecule has 8 aromatic carbocycles. The van der Waals surface area contributed by atoms with E-state index in [1.165, 1.54) is 27.5 Å². The summed E-state index contributed by atoms with van der Waals surface area (Å²) in [5.41, 5.74) is 12.9. The van der Waals surface area contributed by atoms with Gasteiger partial charge in [0.1, 0.15) is 0 Å². The van der Waals surface area contributed by atoms with Crippen LogP contribution in [0.1, 0.15) is 0 Å². The molecule has 0 saturated heterocycles. The topological polar surface area (TPSA) is 43.6 Å². The van der Waals surface area contributed by atoms with Crippen molar-refractivity contribution in [1.29, 1.82) is 0 Å². The first-order valence-electron chi connectivity index (χ1n) is 18.5. The second-order valence-electron chi connectivity index (χ2n) is 13.7. The summed E-state index contributed by atoms with van der Waals surface area (Å²) in [4.78, 5) is 15.5. The van der Waals surface area contributed by atoms with Gasteiger partial charge in [0.2, 0.25) is 0 Å². The fourth-order valence-electron chi connectivity index (χ4n) is 7.54. The van der Waals surface area contributed by atoms with Crippen LogP contribution in [0.3, 0.4) is 0 Å². The lowest BCUT2D eigenvalue weighted by molar-refractivity contribution is 1.06. The highest BCUT2D eigenvalue weighted by atomic mass is 15.1. The number of benzene rings is 8. The number of hydrogen-bond donors (Lipinski definition) is 0. The standard InChI is InChI=1S/C51H34N4/c1-4-14-35(15-5-1)37-24-26-39(27-25-37)42-32-33-45(48(34-42)55-46-22-12-10-20-43(46)44-21-11-13-23-47(44)55)51-53-49(40-18-8-3-9-19-40)52-50(54-51)41-30-28-38(29-31-41)36-16-6-2-7-17-36/h1-34H. The maximum atomic E-state index is 5.24. The second-order valence-corrected chi connectivity index (χ2v) is 13.7. The molecule has 10 rings (SSSR count). The van der Waals surface area contributed by atoms with Crippen LogP contribution in [0.5, 0.6) is 0 Å². The summed E-state index contributed by atoms with van der Waals surface area (Å²) >= 11 is 0. The number of fused-ring (bicyclic) bond motifs is 3. The van der Waals surface area contributed by atoms with Gasteiger partial charge >= 0.3 is 0 Å². The fraction of sp³-hybridized carbons (Fsp3) is 0. The number of rotatable bonds is 7. The van der Waals surface area contributed by atoms with Gasteiger partial charge in [-0.05, 0) is 57.6 Å². The maximum Gasteiger partial charge on any atom is 0.166 e. The summed E-state index contributed by atoms with van der Waals surface area (Å²) in [7, 11) is 0. The normalized spacial score (nSPS) is 11.3. The summed E-state index contributed by atoms with van der Waals surface area (Å²) in [6.45, 7) is 0. The Hall–Kier alpha value is -7.43. The summed E-state index contributed by atoms with van der Waals surface area (Å²) in [6, 6.07) is 72.3. The first-order chi connectivity index (χ1) is 27.3. The molecule has 0 aliphatic heterocycles. The predicted octanol–water partition coefficient (Wildman–Crippen LogP) is 13.0. The van der Waals surface area contributed by atoms with Gasteiger partial charge in [0.25, 0.3) is 0 Å². The van der Waals surface area contributed by atoms with E-state index in [1.807, 2.05) is 24.3 Å². The summed E-state index contributed by atoms with van der Waals surface area (Å²) in [5, 5.41) is 2.39. The van der Waals surface area contributed by atoms with E-state index in [9.17, 15) is 0 Å². The minimum absolute atomic E-state index is 0.610. The molecule has 4 heteroatoms. The molecule has 0 N–H and O–H groups in total. The molecule has 2 heterocycles. The highest BCUT2D eigenvalue weighted by molar-refractivity contribution is 6.09. The molecule has 0 amide bonds. The van der Waals surface area contributed by atoms with Crippen molar-refractivity contribution in [3.05, 3.63) is 206 Å². The van der Waals surface area contributed by atoms with Gasteiger partial charge in [-0.15, -0.1) is 0 Å². The van der Waals surface area contributed by atoms with Crippen LogP contribution in [-0.4, -0.2) is 19.5 Å². The van der Waals surface area contributed by atoms with Crippen molar-refractivity contribution in [3.63, 3.8) is 0 Å². The van der Waals surface area contributed by atoms with Crippen molar-refractivity contribution in [2.45, 2.75) is 0 Å². The zero-order chi connectivity index (χ0) is 36.6. The van der Waals surface area contributed by atoms with Gasteiger partial charge in [0, 0.05) is 27.5 Å². The van der Waals surface area contributed by atoms with Crippen LogP contribution in [0.4, 0.5) is 0 Å². The smallest absolute Gasteiger partial charge is 0.166 e. The van der Waals surface area contributed by atoms with Crippen molar-refractivity contribution < 1.29 is 0 Å². The van der Waals surface area contributed by atoms with E-state index in [-0.39, 0.29) is 0 Å². The van der Waals surface area contributed by atoms with E-state index >= 15 is 0 Å². The molecule has 258 valence electrons. The van der Waals surface area contributed by atoms with E-state index < -0.39 is 0 Å². The second kappa shape index (κ2) is 13.8. The molecule has 0 bridgehead atoms. The van der Waals surface area contributed by atoms with Crippen LogP contribution in [0.2, 0.25) is 0 Å². The van der Waals surface area contributed by atoms with Gasteiger partial charge < -0.3 is 4.57 Å². The first-order valence-corrected chi connectivity index (χ1v) is 18.5. The van der Waals surface area contributed by atoms with E-state index in [4.69, 9.17) is 15.0 Å². The highest BCUT2D eigenvalue weighted by Gasteiger charge is 2.20. The summed E-state index contributed by atoms with van der Waals surface area (Å²) in [6.07, 6.45) is 0. The van der Waals surface area contributed by atoms with Crippen LogP contribution < -0.4 is 0 Å². The first kappa shape index (κ1) is 32.2. The van der Waals surface area contributed by atoms with Gasteiger partial charge in [-0.1, -0.05) is 182 Å². The molecule has 10 aromatic rings. The van der Waals surface area contributed by atoms with Gasteiger partial charge in [0.15, 0.2) is 17.5 Å². The number of para-hydroxylation sites is 2. The Morgan fingerprint density at radius 1 is 0.273 bits per heavy atom. The average molecular weight is 703 g/mol. The molecular weight excluding hydrogens is 669 g/mol. The quantitative estimate of drug-likeness (QED) is 0.166. The Morgan fingerprint density at radius 2 is 0.618 bits per heavy atom. The molecule has 0 unspecified atom stereocenters. The van der Waals surface area contributed by atoms with Crippen molar-refractivity contribution in [1.82, 2.24) is 19.5 Å². The van der Waals surface area contributed by atoms with Crippen molar-refractivity contribution >= 4 is 21.8 Å². The molecule has 0 fully saturated rings. The Morgan fingerprint density at radius 3 is 1.13 bits per heavy atom. The molecule has 0 aliphatic rings. The third-order valence-electron chi connectivity index (χ3n) is 10.3. The molecular formula is C51H34N4. The molecule has 0 aliphatic carbocycles. The van der Waals surface area contributed by atoms with E-state index in [1.54, 1.807) is 0 Å². The largest absolute Gasteiger partial charge is 0.308 e. The number of aromatic nitrogens is 4. The minimum atomic E-state index is 0.610. The van der Waals surface area contributed by atoms with Crippen LogP contribution in [0, 0.1) is 0 Å². The Labute approximate surface area is 319 Å². The third kappa shape index (κ3) is 6.06. The highest BCUT2D eigenvalue weighted by Crippen LogP contribution is 2.38. The zero-order valence-corrected chi connectivity index (χ0v) is 29.9. The van der Waals surface area contributed by atoms with E-state index in [0.29, 0.717) is 17.5 Å². The summed E-state index contributed by atoms with van der Waals surface area (Å²) < 4.78 is 2.36. The lowest BCUT2D eigenvalue weighted by atomic mass is 9.98. The van der Waals surface area contributed by atoms with Crippen LogP contribution in [0.25, 0.3) is 95.0 Å². The molecule has 0 atom stereocenters. The zero-order valence-electron chi connectivity index (χ0n) is 29.9. The van der Waals surface area contributed by atoms with Crippen molar-refractivity contribution in [3.8, 4) is 73.2 Å². The Balaban J connectivity index is 1.18. The SMILES string of the molecule is c1ccc(-c2ccc(-c3ccc(-c4nc(-c5ccccc5)nc(-c5ccc(-c6ccccc6)cc5)n4)c(-n4c5ccccc5c5ccccc54)c3)cc2)cc1. The van der Waals surface area contributed by atoms with Crippen molar-refractivity contribution in [2.24, 2.45) is 0 Å². The third-order valence-corrected chi connectivity index (χ3v) is 10.3. The molecule has 0 spiro atoms. The molecule has 0 radical (unpaired) electrons. The van der Waals surface area contributed by atoms with E-state index in [2.05, 4.69) is 187 Å². The van der Waals surface area contributed by atoms with Gasteiger partial charge in [-0.25, -0.2) is 15.0 Å². The van der Waals surface area contributed by atoms with Crippen LogP contribution in [-0.2, 0) is 0 Å². The van der Waals surface area contributed by atoms with Gasteiger partial charge in [-0.2, -0.15) is 0 Å². The fourth-order valence-corrected chi connectivity index (χ4v) is 7.54. The summed E-state index contributed by atoms with van der Waals surface area (Å²) in [5.74, 6) is 1.86. The number of nitrogens with zero attached hydrogens (tertiary/aromatic N) is 4. The van der Waals surface area contributed by atoms with Crippen LogP contribution in [0.15, 0.2) is 206 Å². The lowest BCUT2D eigenvalue weighted by Crippen LogP contribution is -2.04. The van der Waals surface area contributed by atoms with Crippen molar-refractivity contribution in [2.75, 3.05) is 0 Å². The van der Waals surface area contributed by atoms with Gasteiger partial charge in [-0.3, -0.25) is 0 Å². The molecule has 55 heavy (non-hydrogen) atoms. The molecule has 4 nitrogen and oxygen atoms in total. The Kier molecular flexibility index (Phi) is 8.12. The Bertz CT molecular complexity index is 2880. The minimum Gasteiger partial charge on any atom is -0.308 e. The maximum absolute atomic E-state index is 5.24. The lowest BCUT2D eigenvalue weighted by Gasteiger charge is -2.16. The molecule has 2 aromatic heterocycles. The molecule has 0 saturated carbocycles. The average Bonchev–Trinajstić information content (AvgIpc) is 3.61.